The molecular formula is C25H29N3O6. The Kier molecular flexibility index (Phi) is 8.24. The first-order valence-corrected chi connectivity index (χ1v) is 11.1. The van der Waals surface area contributed by atoms with Gasteiger partial charge in [0.2, 0.25) is 11.8 Å². The lowest BCUT2D eigenvalue weighted by atomic mass is 9.98. The van der Waals surface area contributed by atoms with Gasteiger partial charge in [0, 0.05) is 39.4 Å². The quantitative estimate of drug-likeness (QED) is 0.493. The highest BCUT2D eigenvalue weighted by molar-refractivity contribution is 5.86. The maximum absolute atomic E-state index is 12.8. The third kappa shape index (κ3) is 6.12. The Morgan fingerprint density at radius 2 is 1.62 bits per heavy atom. The second-order valence-corrected chi connectivity index (χ2v) is 8.20. The first kappa shape index (κ1) is 24.8. The summed E-state index contributed by atoms with van der Waals surface area (Å²) in [4.78, 5) is 48.8. The van der Waals surface area contributed by atoms with Crippen molar-refractivity contribution in [1.82, 2.24) is 15.5 Å². The number of carboxylic acids is 1. The summed E-state index contributed by atoms with van der Waals surface area (Å²) in [5, 5.41) is 14.1. The number of carbonyl (C=O) groups is 4. The van der Waals surface area contributed by atoms with Crippen molar-refractivity contribution >= 4 is 23.9 Å². The molecule has 1 aliphatic rings. The summed E-state index contributed by atoms with van der Waals surface area (Å²) >= 11 is 0. The fourth-order valence-corrected chi connectivity index (χ4v) is 4.08. The minimum atomic E-state index is -1.08. The van der Waals surface area contributed by atoms with E-state index in [-0.39, 0.29) is 44.4 Å². The van der Waals surface area contributed by atoms with Crippen molar-refractivity contribution in [2.24, 2.45) is 0 Å². The molecule has 9 nitrogen and oxygen atoms in total. The van der Waals surface area contributed by atoms with Gasteiger partial charge < -0.3 is 25.4 Å². The molecule has 180 valence electrons. The van der Waals surface area contributed by atoms with E-state index in [9.17, 15) is 19.2 Å². The number of nitrogens with zero attached hydrogens (tertiary/aromatic N) is 1. The van der Waals surface area contributed by atoms with Gasteiger partial charge in [-0.15, -0.1) is 0 Å². The second kappa shape index (κ2) is 11.3. The van der Waals surface area contributed by atoms with Crippen molar-refractivity contribution in [1.29, 1.82) is 0 Å². The summed E-state index contributed by atoms with van der Waals surface area (Å²) in [5.74, 6) is -1.89. The number of carboxylic acid groups (broad SMARTS) is 1. The van der Waals surface area contributed by atoms with Crippen molar-refractivity contribution in [3.8, 4) is 11.1 Å². The number of alkyl carbamates (subject to hydrolysis) is 1. The molecule has 9 heteroatoms. The summed E-state index contributed by atoms with van der Waals surface area (Å²) in [7, 11) is 1.53. The number of benzene rings is 2. The molecule has 0 spiro atoms. The maximum Gasteiger partial charge on any atom is 0.407 e. The normalized spacial score (nSPS) is 12.8. The standard InChI is InChI=1S/C25H29N3O6/c1-16(29)26-13-14-28(2)24(32)22(11-12-23(30)31)27-25(33)34-15-21-19-9-5-3-7-17(19)18-8-4-6-10-20(18)21/h3-10,21-22H,11-15H2,1-2H3,(H,26,29)(H,27,33)(H,30,31). The number of carbonyl (C=O) groups excluding carboxylic acids is 3. The fourth-order valence-electron chi connectivity index (χ4n) is 4.08. The Labute approximate surface area is 198 Å². The van der Waals surface area contributed by atoms with Crippen molar-refractivity contribution in [2.45, 2.75) is 31.7 Å². The molecule has 1 aliphatic carbocycles. The molecule has 2 aromatic carbocycles. The van der Waals surface area contributed by atoms with Gasteiger partial charge in [0.25, 0.3) is 0 Å². The zero-order chi connectivity index (χ0) is 24.7. The van der Waals surface area contributed by atoms with Gasteiger partial charge >= 0.3 is 12.1 Å². The Morgan fingerprint density at radius 3 is 2.18 bits per heavy atom. The Hall–Kier alpha value is -3.88. The van der Waals surface area contributed by atoms with Crippen molar-refractivity contribution in [2.75, 3.05) is 26.7 Å². The van der Waals surface area contributed by atoms with Crippen LogP contribution in [0.5, 0.6) is 0 Å². The molecule has 0 bridgehead atoms. The van der Waals surface area contributed by atoms with E-state index in [0.29, 0.717) is 0 Å². The minimum absolute atomic E-state index is 0.0805. The van der Waals surface area contributed by atoms with Crippen LogP contribution in [-0.2, 0) is 19.1 Å². The molecule has 0 saturated heterocycles. The molecule has 3 rings (SSSR count). The van der Waals surface area contributed by atoms with Gasteiger partial charge in [-0.1, -0.05) is 48.5 Å². The zero-order valence-corrected chi connectivity index (χ0v) is 19.2. The van der Waals surface area contributed by atoms with E-state index < -0.39 is 24.0 Å². The van der Waals surface area contributed by atoms with Crippen LogP contribution in [0.15, 0.2) is 48.5 Å². The number of nitrogens with one attached hydrogen (secondary N) is 2. The molecular weight excluding hydrogens is 438 g/mol. The molecule has 2 aromatic rings. The first-order chi connectivity index (χ1) is 16.3. The van der Waals surface area contributed by atoms with Crippen molar-refractivity contribution in [3.63, 3.8) is 0 Å². The number of fused-ring (bicyclic) bond motifs is 3. The predicted octanol–water partition coefficient (Wildman–Crippen LogP) is 2.35. The average molecular weight is 468 g/mol. The van der Waals surface area contributed by atoms with E-state index in [0.717, 1.165) is 22.3 Å². The van der Waals surface area contributed by atoms with Crippen LogP contribution in [0.4, 0.5) is 4.79 Å². The zero-order valence-electron chi connectivity index (χ0n) is 19.2. The van der Waals surface area contributed by atoms with Crippen LogP contribution in [0.25, 0.3) is 11.1 Å². The molecule has 1 unspecified atom stereocenters. The fraction of sp³-hybridized carbons (Fsp3) is 0.360. The van der Waals surface area contributed by atoms with E-state index in [4.69, 9.17) is 9.84 Å². The van der Waals surface area contributed by atoms with Gasteiger partial charge in [0.05, 0.1) is 0 Å². The maximum atomic E-state index is 12.8. The predicted molar refractivity (Wildman–Crippen MR) is 125 cm³/mol. The van der Waals surface area contributed by atoms with E-state index in [1.54, 1.807) is 0 Å². The Balaban J connectivity index is 1.63. The highest BCUT2D eigenvalue weighted by Crippen LogP contribution is 2.44. The number of rotatable bonds is 10. The van der Waals surface area contributed by atoms with Gasteiger partial charge in [0.1, 0.15) is 12.6 Å². The van der Waals surface area contributed by atoms with Gasteiger partial charge in [-0.25, -0.2) is 4.79 Å². The molecule has 0 radical (unpaired) electrons. The molecule has 1 atom stereocenters. The summed E-state index contributed by atoms with van der Waals surface area (Å²) in [6, 6.07) is 14.8. The van der Waals surface area contributed by atoms with Crippen LogP contribution < -0.4 is 10.6 Å². The molecule has 34 heavy (non-hydrogen) atoms. The van der Waals surface area contributed by atoms with Crippen LogP contribution in [0.2, 0.25) is 0 Å². The largest absolute Gasteiger partial charge is 0.481 e. The van der Waals surface area contributed by atoms with E-state index in [1.807, 2.05) is 48.5 Å². The third-order valence-corrected chi connectivity index (χ3v) is 5.78. The van der Waals surface area contributed by atoms with E-state index in [2.05, 4.69) is 10.6 Å². The van der Waals surface area contributed by atoms with Crippen LogP contribution >= 0.6 is 0 Å². The summed E-state index contributed by atoms with van der Waals surface area (Å²) in [6.07, 6.45) is -1.16. The monoisotopic (exact) mass is 467 g/mol. The lowest BCUT2D eigenvalue weighted by Crippen LogP contribution is -2.49. The lowest BCUT2D eigenvalue weighted by Gasteiger charge is -2.24. The number of ether oxygens (including phenoxy) is 1. The summed E-state index contributed by atoms with van der Waals surface area (Å²) in [5.41, 5.74) is 4.32. The highest BCUT2D eigenvalue weighted by Gasteiger charge is 2.30. The van der Waals surface area contributed by atoms with E-state index in [1.165, 1.54) is 18.9 Å². The van der Waals surface area contributed by atoms with Crippen LogP contribution in [0.1, 0.15) is 36.8 Å². The van der Waals surface area contributed by atoms with Gasteiger partial charge in [-0.3, -0.25) is 14.4 Å². The third-order valence-electron chi connectivity index (χ3n) is 5.78. The smallest absolute Gasteiger partial charge is 0.407 e. The lowest BCUT2D eigenvalue weighted by molar-refractivity contribution is -0.138. The highest BCUT2D eigenvalue weighted by atomic mass is 16.5. The van der Waals surface area contributed by atoms with Crippen LogP contribution in [-0.4, -0.2) is 66.7 Å². The van der Waals surface area contributed by atoms with Crippen molar-refractivity contribution < 1.29 is 29.0 Å². The molecule has 0 aliphatic heterocycles. The van der Waals surface area contributed by atoms with Gasteiger partial charge in [-0.05, 0) is 28.7 Å². The Bertz CT molecular complexity index is 1020. The number of aliphatic carboxylic acids is 1. The molecule has 0 heterocycles. The number of likely N-dealkylation sites (N-methyl/N-ethyl adjacent to an activating group) is 1. The second-order valence-electron chi connectivity index (χ2n) is 8.20. The number of hydrogen-bond donors (Lipinski definition) is 3. The first-order valence-electron chi connectivity index (χ1n) is 11.1. The molecule has 3 N–H and O–H groups in total. The molecule has 0 fully saturated rings. The Morgan fingerprint density at radius 1 is 1.03 bits per heavy atom. The summed E-state index contributed by atoms with van der Waals surface area (Å²) < 4.78 is 5.49. The molecule has 3 amide bonds. The van der Waals surface area contributed by atoms with Gasteiger partial charge in [-0.2, -0.15) is 0 Å². The number of amides is 3. The van der Waals surface area contributed by atoms with Crippen LogP contribution in [0, 0.1) is 0 Å². The molecule has 0 aromatic heterocycles. The van der Waals surface area contributed by atoms with Gasteiger partial charge in [0.15, 0.2) is 0 Å². The van der Waals surface area contributed by atoms with Crippen molar-refractivity contribution in [3.05, 3.63) is 59.7 Å². The SMILES string of the molecule is CC(=O)NCCN(C)C(=O)C(CCC(=O)O)NC(=O)OCC1c2ccccc2-c2ccccc21. The van der Waals surface area contributed by atoms with Crippen LogP contribution in [0.3, 0.4) is 0 Å². The minimum Gasteiger partial charge on any atom is -0.481 e. The number of hydrogen-bond acceptors (Lipinski definition) is 5. The molecule has 0 saturated carbocycles. The van der Waals surface area contributed by atoms with E-state index >= 15 is 0 Å². The summed E-state index contributed by atoms with van der Waals surface area (Å²) in [6.45, 7) is 1.91. The topological polar surface area (TPSA) is 125 Å². The average Bonchev–Trinajstić information content (AvgIpc) is 3.13.